The third kappa shape index (κ3) is 3.01. The Morgan fingerprint density at radius 1 is 1.42 bits per heavy atom. The molecule has 1 aliphatic rings. The van der Waals surface area contributed by atoms with Gasteiger partial charge in [0.05, 0.1) is 4.92 Å². The summed E-state index contributed by atoms with van der Waals surface area (Å²) in [5.41, 5.74) is 6.66. The third-order valence-electron chi connectivity index (χ3n) is 3.49. The van der Waals surface area contributed by atoms with E-state index in [1.54, 1.807) is 6.07 Å². The molecule has 1 fully saturated rings. The highest BCUT2D eigenvalue weighted by Gasteiger charge is 2.22. The average Bonchev–Trinajstić information content (AvgIpc) is 2.41. The number of nitro benzene ring substituents is 1. The lowest BCUT2D eigenvalue weighted by molar-refractivity contribution is -0.385. The van der Waals surface area contributed by atoms with Crippen molar-refractivity contribution in [2.45, 2.75) is 37.8 Å². The minimum Gasteiger partial charge on any atom is -0.381 e. The molecule has 1 aromatic rings. The summed E-state index contributed by atoms with van der Waals surface area (Å²) in [6.45, 7) is 0. The van der Waals surface area contributed by atoms with E-state index in [0.29, 0.717) is 5.69 Å². The van der Waals surface area contributed by atoms with Gasteiger partial charge >= 0.3 is 0 Å². The van der Waals surface area contributed by atoms with Gasteiger partial charge < -0.3 is 11.1 Å². The summed E-state index contributed by atoms with van der Waals surface area (Å²) >= 11 is 0. The molecule has 0 aromatic heterocycles. The molecule has 0 spiro atoms. The molecule has 2 atom stereocenters. The number of nitrogens with zero attached hydrogens (tertiary/aromatic N) is 2. The van der Waals surface area contributed by atoms with Crippen molar-refractivity contribution in [3.05, 3.63) is 33.9 Å². The van der Waals surface area contributed by atoms with Gasteiger partial charge in [0.2, 0.25) is 0 Å². The van der Waals surface area contributed by atoms with Crippen molar-refractivity contribution in [1.82, 2.24) is 0 Å². The largest absolute Gasteiger partial charge is 0.381 e. The third-order valence-corrected chi connectivity index (χ3v) is 3.49. The van der Waals surface area contributed by atoms with Gasteiger partial charge in [-0.1, -0.05) is 12.8 Å². The van der Waals surface area contributed by atoms with Crippen LogP contribution in [0, 0.1) is 21.4 Å². The Morgan fingerprint density at radius 2 is 2.16 bits per heavy atom. The fraction of sp³-hybridized carbons (Fsp3) is 0.462. The quantitative estimate of drug-likeness (QED) is 0.640. The van der Waals surface area contributed by atoms with Gasteiger partial charge in [0, 0.05) is 23.8 Å². The molecule has 0 unspecified atom stereocenters. The fourth-order valence-corrected chi connectivity index (χ4v) is 2.43. The SMILES string of the molecule is N#Cc1cc(N[C@@H]2CCCC[C@H]2N)ccc1[N+](=O)[O-]. The van der Waals surface area contributed by atoms with E-state index in [2.05, 4.69) is 5.32 Å². The Balaban J connectivity index is 2.17. The molecule has 6 heteroatoms. The molecule has 1 aliphatic carbocycles. The van der Waals surface area contributed by atoms with Gasteiger partial charge in [0.1, 0.15) is 11.6 Å². The van der Waals surface area contributed by atoms with Crippen molar-refractivity contribution in [1.29, 1.82) is 5.26 Å². The second-order valence-electron chi connectivity index (χ2n) is 4.80. The summed E-state index contributed by atoms with van der Waals surface area (Å²) in [5, 5.41) is 23.0. The molecule has 0 radical (unpaired) electrons. The van der Waals surface area contributed by atoms with E-state index in [4.69, 9.17) is 11.0 Å². The molecule has 0 heterocycles. The van der Waals surface area contributed by atoms with Crippen LogP contribution in [0.2, 0.25) is 0 Å². The van der Waals surface area contributed by atoms with Gasteiger partial charge in [-0.2, -0.15) is 5.26 Å². The van der Waals surface area contributed by atoms with Crippen LogP contribution in [0.1, 0.15) is 31.2 Å². The van der Waals surface area contributed by atoms with E-state index in [0.717, 1.165) is 25.7 Å². The van der Waals surface area contributed by atoms with Crippen molar-refractivity contribution in [3.63, 3.8) is 0 Å². The van der Waals surface area contributed by atoms with E-state index in [1.165, 1.54) is 12.1 Å². The first kappa shape index (κ1) is 13.3. The van der Waals surface area contributed by atoms with Crippen LogP contribution in [0.25, 0.3) is 0 Å². The van der Waals surface area contributed by atoms with Gasteiger partial charge in [-0.15, -0.1) is 0 Å². The first-order chi connectivity index (χ1) is 9.11. The van der Waals surface area contributed by atoms with Gasteiger partial charge in [0.25, 0.3) is 5.69 Å². The number of benzene rings is 1. The molecule has 1 saturated carbocycles. The number of anilines is 1. The maximum absolute atomic E-state index is 10.7. The number of hydrogen-bond acceptors (Lipinski definition) is 5. The molecule has 0 bridgehead atoms. The zero-order valence-corrected chi connectivity index (χ0v) is 10.5. The zero-order valence-electron chi connectivity index (χ0n) is 10.5. The van der Waals surface area contributed by atoms with Gasteiger partial charge in [0.15, 0.2) is 0 Å². The van der Waals surface area contributed by atoms with Crippen molar-refractivity contribution >= 4 is 11.4 Å². The van der Waals surface area contributed by atoms with Crippen LogP contribution >= 0.6 is 0 Å². The minimum absolute atomic E-state index is 0.0689. The van der Waals surface area contributed by atoms with Crippen molar-refractivity contribution in [3.8, 4) is 6.07 Å². The highest BCUT2D eigenvalue weighted by molar-refractivity contribution is 5.59. The van der Waals surface area contributed by atoms with Crippen LogP contribution in [0.5, 0.6) is 0 Å². The Kier molecular flexibility index (Phi) is 3.97. The Morgan fingerprint density at radius 3 is 2.79 bits per heavy atom. The number of nitrogens with one attached hydrogen (secondary N) is 1. The van der Waals surface area contributed by atoms with Crippen LogP contribution in [0.15, 0.2) is 18.2 Å². The van der Waals surface area contributed by atoms with E-state index in [9.17, 15) is 10.1 Å². The second kappa shape index (κ2) is 5.67. The Hall–Kier alpha value is -2.13. The first-order valence-corrected chi connectivity index (χ1v) is 6.32. The van der Waals surface area contributed by atoms with E-state index >= 15 is 0 Å². The summed E-state index contributed by atoms with van der Waals surface area (Å²) < 4.78 is 0. The Labute approximate surface area is 111 Å². The highest BCUT2D eigenvalue weighted by atomic mass is 16.6. The zero-order chi connectivity index (χ0) is 13.8. The maximum atomic E-state index is 10.7. The lowest BCUT2D eigenvalue weighted by Gasteiger charge is -2.30. The van der Waals surface area contributed by atoms with Crippen LogP contribution < -0.4 is 11.1 Å². The fourth-order valence-electron chi connectivity index (χ4n) is 2.43. The van der Waals surface area contributed by atoms with E-state index in [-0.39, 0.29) is 23.3 Å². The summed E-state index contributed by atoms with van der Waals surface area (Å²) in [4.78, 5) is 10.2. The molecule has 2 rings (SSSR count). The molecule has 19 heavy (non-hydrogen) atoms. The van der Waals surface area contributed by atoms with Crippen LogP contribution in [-0.4, -0.2) is 17.0 Å². The lowest BCUT2D eigenvalue weighted by Crippen LogP contribution is -2.42. The number of nitro groups is 1. The standard InChI is InChI=1S/C13H16N4O2/c14-8-9-7-10(5-6-13(9)17(18)19)16-12-4-2-1-3-11(12)15/h5-7,11-12,16H,1-4,15H2/t11-,12-/m1/s1. The summed E-state index contributed by atoms with van der Waals surface area (Å²) in [5.74, 6) is 0. The number of hydrogen-bond donors (Lipinski definition) is 2. The average molecular weight is 260 g/mol. The van der Waals surface area contributed by atoms with Crippen LogP contribution in [0.3, 0.4) is 0 Å². The van der Waals surface area contributed by atoms with Crippen molar-refractivity contribution in [2.75, 3.05) is 5.32 Å². The number of nitrogens with two attached hydrogens (primary N) is 1. The minimum atomic E-state index is -0.547. The monoisotopic (exact) mass is 260 g/mol. The molecule has 0 saturated heterocycles. The molecule has 100 valence electrons. The summed E-state index contributed by atoms with van der Waals surface area (Å²) in [7, 11) is 0. The van der Waals surface area contributed by atoms with Crippen molar-refractivity contribution < 1.29 is 4.92 Å². The Bertz CT molecular complexity index is 524. The predicted molar refractivity (Wildman–Crippen MR) is 71.7 cm³/mol. The van der Waals surface area contributed by atoms with Crippen LogP contribution in [-0.2, 0) is 0 Å². The number of rotatable bonds is 3. The van der Waals surface area contributed by atoms with E-state index in [1.807, 2.05) is 6.07 Å². The molecule has 3 N–H and O–H groups in total. The van der Waals surface area contributed by atoms with Gasteiger partial charge in [-0.05, 0) is 25.0 Å². The van der Waals surface area contributed by atoms with Crippen LogP contribution in [0.4, 0.5) is 11.4 Å². The summed E-state index contributed by atoms with van der Waals surface area (Å²) in [6, 6.07) is 6.61. The topological polar surface area (TPSA) is 105 Å². The first-order valence-electron chi connectivity index (χ1n) is 6.32. The second-order valence-corrected chi connectivity index (χ2v) is 4.80. The maximum Gasteiger partial charge on any atom is 0.287 e. The molecule has 0 amide bonds. The number of nitriles is 1. The lowest BCUT2D eigenvalue weighted by atomic mass is 9.91. The molecular weight excluding hydrogens is 244 g/mol. The predicted octanol–water partition coefficient (Wildman–Crippen LogP) is 2.15. The normalized spacial score (nSPS) is 22.5. The van der Waals surface area contributed by atoms with Gasteiger partial charge in [-0.3, -0.25) is 10.1 Å². The van der Waals surface area contributed by atoms with Gasteiger partial charge in [-0.25, -0.2) is 0 Å². The van der Waals surface area contributed by atoms with E-state index < -0.39 is 4.92 Å². The summed E-state index contributed by atoms with van der Waals surface area (Å²) in [6.07, 6.45) is 4.24. The molecule has 1 aromatic carbocycles. The highest BCUT2D eigenvalue weighted by Crippen LogP contribution is 2.25. The smallest absolute Gasteiger partial charge is 0.287 e. The molecule has 6 nitrogen and oxygen atoms in total. The molecule has 0 aliphatic heterocycles. The molecular formula is C13H16N4O2. The van der Waals surface area contributed by atoms with Crippen molar-refractivity contribution in [2.24, 2.45) is 5.73 Å².